The molecule has 154 valence electrons. The van der Waals surface area contributed by atoms with Gasteiger partial charge in [-0.25, -0.2) is 17.6 Å². The SMILES string of the molecule is O=C(Nc1ccccc1)N1CCC2(CC1)OCCN2S(=O)(=O)c1ccc(F)cc1. The van der Waals surface area contributed by atoms with E-state index in [2.05, 4.69) is 5.32 Å². The molecule has 0 atom stereocenters. The summed E-state index contributed by atoms with van der Waals surface area (Å²) >= 11 is 0. The quantitative estimate of drug-likeness (QED) is 0.830. The number of likely N-dealkylation sites (tertiary alicyclic amines) is 1. The van der Waals surface area contributed by atoms with E-state index >= 15 is 0 Å². The number of sulfonamides is 1. The van der Waals surface area contributed by atoms with E-state index < -0.39 is 21.6 Å². The van der Waals surface area contributed by atoms with Crippen LogP contribution in [0.3, 0.4) is 0 Å². The molecule has 2 aromatic rings. The van der Waals surface area contributed by atoms with Crippen LogP contribution in [0.15, 0.2) is 59.5 Å². The molecule has 0 aliphatic carbocycles. The zero-order valence-corrected chi connectivity index (χ0v) is 16.6. The third-order valence-corrected chi connectivity index (χ3v) is 7.34. The summed E-state index contributed by atoms with van der Waals surface area (Å²) in [6.45, 7) is 1.26. The summed E-state index contributed by atoms with van der Waals surface area (Å²) in [5.74, 6) is -0.492. The van der Waals surface area contributed by atoms with Crippen LogP contribution in [0.25, 0.3) is 0 Å². The molecule has 0 radical (unpaired) electrons. The molecule has 2 amide bonds. The lowest BCUT2D eigenvalue weighted by atomic mass is 10.0. The van der Waals surface area contributed by atoms with Gasteiger partial charge in [-0.15, -0.1) is 0 Å². The first-order valence-corrected chi connectivity index (χ1v) is 10.9. The fraction of sp³-hybridized carbons (Fsp3) is 0.350. The minimum atomic E-state index is -3.83. The molecular formula is C20H22FN3O4S. The number of carbonyl (C=O) groups is 1. The normalized spacial score (nSPS) is 19.4. The Hall–Kier alpha value is -2.49. The molecule has 0 aromatic heterocycles. The molecule has 9 heteroatoms. The van der Waals surface area contributed by atoms with Crippen molar-refractivity contribution < 1.29 is 22.3 Å². The van der Waals surface area contributed by atoms with E-state index in [4.69, 9.17) is 4.74 Å². The number of benzene rings is 2. The molecule has 4 rings (SSSR count). The molecule has 2 fully saturated rings. The first kappa shape index (κ1) is 19.8. The monoisotopic (exact) mass is 419 g/mol. The number of hydrogen-bond acceptors (Lipinski definition) is 4. The minimum Gasteiger partial charge on any atom is -0.358 e. The maximum absolute atomic E-state index is 13.2. The molecule has 0 unspecified atom stereocenters. The van der Waals surface area contributed by atoms with Crippen molar-refractivity contribution in [1.82, 2.24) is 9.21 Å². The van der Waals surface area contributed by atoms with E-state index in [1.807, 2.05) is 18.2 Å². The lowest BCUT2D eigenvalue weighted by molar-refractivity contribution is -0.0840. The topological polar surface area (TPSA) is 79.0 Å². The number of nitrogens with zero attached hydrogens (tertiary/aromatic N) is 2. The highest BCUT2D eigenvalue weighted by Crippen LogP contribution is 2.38. The van der Waals surface area contributed by atoms with Gasteiger partial charge >= 0.3 is 6.03 Å². The fourth-order valence-electron chi connectivity index (χ4n) is 3.84. The molecule has 1 N–H and O–H groups in total. The highest BCUT2D eigenvalue weighted by molar-refractivity contribution is 7.89. The molecular weight excluding hydrogens is 397 g/mol. The maximum atomic E-state index is 13.2. The number of para-hydroxylation sites is 1. The number of urea groups is 1. The second-order valence-corrected chi connectivity index (χ2v) is 8.97. The van der Waals surface area contributed by atoms with Gasteiger partial charge in [0.25, 0.3) is 0 Å². The van der Waals surface area contributed by atoms with Gasteiger partial charge in [-0.3, -0.25) is 0 Å². The number of nitrogens with one attached hydrogen (secondary N) is 1. The Morgan fingerprint density at radius 3 is 2.31 bits per heavy atom. The summed E-state index contributed by atoms with van der Waals surface area (Å²) in [5, 5.41) is 2.84. The van der Waals surface area contributed by atoms with Gasteiger partial charge in [0, 0.05) is 38.2 Å². The van der Waals surface area contributed by atoms with Gasteiger partial charge in [0.2, 0.25) is 10.0 Å². The van der Waals surface area contributed by atoms with Crippen LogP contribution in [0.5, 0.6) is 0 Å². The van der Waals surface area contributed by atoms with Crippen molar-refractivity contribution in [2.45, 2.75) is 23.5 Å². The summed E-state index contributed by atoms with van der Waals surface area (Å²) in [6, 6.07) is 13.7. The van der Waals surface area contributed by atoms with E-state index in [1.165, 1.54) is 16.4 Å². The standard InChI is InChI=1S/C20H22FN3O4S/c21-16-6-8-18(9-7-16)29(26,27)24-14-15-28-20(24)10-12-23(13-11-20)19(25)22-17-4-2-1-3-5-17/h1-9H,10-15H2,(H,22,25). The van der Waals surface area contributed by atoms with Crippen molar-refractivity contribution in [3.8, 4) is 0 Å². The van der Waals surface area contributed by atoms with E-state index in [-0.39, 0.29) is 24.1 Å². The number of rotatable bonds is 3. The summed E-state index contributed by atoms with van der Waals surface area (Å²) in [7, 11) is -3.83. The highest BCUT2D eigenvalue weighted by Gasteiger charge is 2.51. The van der Waals surface area contributed by atoms with Crippen molar-refractivity contribution in [2.24, 2.45) is 0 Å². The summed E-state index contributed by atoms with van der Waals surface area (Å²) in [6.07, 6.45) is 0.741. The maximum Gasteiger partial charge on any atom is 0.321 e. The molecule has 2 heterocycles. The molecule has 7 nitrogen and oxygen atoms in total. The lowest BCUT2D eigenvalue weighted by Crippen LogP contribution is -2.56. The predicted octanol–water partition coefficient (Wildman–Crippen LogP) is 2.87. The van der Waals surface area contributed by atoms with Crippen LogP contribution in [0, 0.1) is 5.82 Å². The Morgan fingerprint density at radius 1 is 1.00 bits per heavy atom. The second kappa shape index (κ2) is 7.74. The number of carbonyl (C=O) groups excluding carboxylic acids is 1. The van der Waals surface area contributed by atoms with Crippen LogP contribution in [0.4, 0.5) is 14.9 Å². The first-order chi connectivity index (χ1) is 13.9. The van der Waals surface area contributed by atoms with Gasteiger partial charge in [0.1, 0.15) is 11.5 Å². The Kier molecular flexibility index (Phi) is 5.28. The third kappa shape index (κ3) is 3.85. The van der Waals surface area contributed by atoms with Crippen molar-refractivity contribution in [3.63, 3.8) is 0 Å². The molecule has 0 saturated carbocycles. The Balaban J connectivity index is 1.46. The van der Waals surface area contributed by atoms with E-state index in [9.17, 15) is 17.6 Å². The molecule has 0 bridgehead atoms. The smallest absolute Gasteiger partial charge is 0.321 e. The van der Waals surface area contributed by atoms with Crippen LogP contribution < -0.4 is 5.32 Å². The molecule has 2 aliphatic heterocycles. The Labute approximate surface area is 169 Å². The second-order valence-electron chi connectivity index (χ2n) is 7.11. The van der Waals surface area contributed by atoms with Crippen molar-refractivity contribution >= 4 is 21.7 Å². The van der Waals surface area contributed by atoms with Crippen LogP contribution >= 0.6 is 0 Å². The highest BCUT2D eigenvalue weighted by atomic mass is 32.2. The molecule has 29 heavy (non-hydrogen) atoms. The van der Waals surface area contributed by atoms with Gasteiger partial charge in [-0.05, 0) is 36.4 Å². The number of piperidine rings is 1. The van der Waals surface area contributed by atoms with Crippen LogP contribution in [0.2, 0.25) is 0 Å². The Bertz CT molecular complexity index is 975. The van der Waals surface area contributed by atoms with Gasteiger partial charge in [0.05, 0.1) is 11.5 Å². The average molecular weight is 419 g/mol. The summed E-state index contributed by atoms with van der Waals surface area (Å²) in [4.78, 5) is 14.2. The number of hydrogen-bond donors (Lipinski definition) is 1. The van der Waals surface area contributed by atoms with Crippen molar-refractivity contribution in [3.05, 3.63) is 60.4 Å². The largest absolute Gasteiger partial charge is 0.358 e. The van der Waals surface area contributed by atoms with Gasteiger partial charge in [-0.2, -0.15) is 4.31 Å². The summed E-state index contributed by atoms with van der Waals surface area (Å²) < 4.78 is 46.7. The number of amides is 2. The molecule has 1 spiro atoms. The zero-order chi connectivity index (χ0) is 20.5. The first-order valence-electron chi connectivity index (χ1n) is 9.44. The minimum absolute atomic E-state index is 0.0352. The van der Waals surface area contributed by atoms with E-state index in [0.717, 1.165) is 12.1 Å². The summed E-state index contributed by atoms with van der Waals surface area (Å²) in [5.41, 5.74) is -0.271. The number of ether oxygens (including phenoxy) is 1. The van der Waals surface area contributed by atoms with Gasteiger partial charge < -0.3 is 15.0 Å². The van der Waals surface area contributed by atoms with Gasteiger partial charge in [0.15, 0.2) is 0 Å². The predicted molar refractivity (Wildman–Crippen MR) is 105 cm³/mol. The van der Waals surface area contributed by atoms with Crippen LogP contribution in [-0.4, -0.2) is 55.6 Å². The van der Waals surface area contributed by atoms with Crippen LogP contribution in [0.1, 0.15) is 12.8 Å². The zero-order valence-electron chi connectivity index (χ0n) is 15.8. The number of anilines is 1. The lowest BCUT2D eigenvalue weighted by Gasteiger charge is -2.42. The van der Waals surface area contributed by atoms with Crippen molar-refractivity contribution in [1.29, 1.82) is 0 Å². The average Bonchev–Trinajstić information content (AvgIpc) is 3.13. The Morgan fingerprint density at radius 2 is 1.66 bits per heavy atom. The molecule has 2 aliphatic rings. The van der Waals surface area contributed by atoms with Crippen LogP contribution in [-0.2, 0) is 14.8 Å². The third-order valence-electron chi connectivity index (χ3n) is 5.38. The molecule has 2 saturated heterocycles. The number of halogens is 1. The molecule has 2 aromatic carbocycles. The van der Waals surface area contributed by atoms with Gasteiger partial charge in [-0.1, -0.05) is 18.2 Å². The fourth-order valence-corrected chi connectivity index (χ4v) is 5.57. The van der Waals surface area contributed by atoms with Crippen molar-refractivity contribution in [2.75, 3.05) is 31.6 Å². The van der Waals surface area contributed by atoms with E-state index in [0.29, 0.717) is 31.6 Å². The van der Waals surface area contributed by atoms with E-state index in [1.54, 1.807) is 17.0 Å².